The highest BCUT2D eigenvalue weighted by Gasteiger charge is 2.14. The molecule has 0 unspecified atom stereocenters. The van der Waals surface area contributed by atoms with Gasteiger partial charge in [-0.25, -0.2) is 4.98 Å². The zero-order valence-electron chi connectivity index (χ0n) is 14.2. The van der Waals surface area contributed by atoms with Crippen LogP contribution in [-0.4, -0.2) is 9.97 Å². The van der Waals surface area contributed by atoms with E-state index in [4.69, 9.17) is 9.40 Å². The summed E-state index contributed by atoms with van der Waals surface area (Å²) in [6.45, 7) is 6.43. The first kappa shape index (κ1) is 14.9. The lowest BCUT2D eigenvalue weighted by molar-refractivity contribution is 0.648. The molecule has 4 aromatic rings. The van der Waals surface area contributed by atoms with Gasteiger partial charge in [-0.15, -0.1) is 0 Å². The minimum absolute atomic E-state index is 0.380. The number of furan rings is 1. The molecule has 0 bridgehead atoms. The van der Waals surface area contributed by atoms with Gasteiger partial charge in [-0.2, -0.15) is 0 Å². The summed E-state index contributed by atoms with van der Waals surface area (Å²) in [6.07, 6.45) is 2.86. The summed E-state index contributed by atoms with van der Waals surface area (Å²) in [5, 5.41) is 2.15. The molecular formula is C21H20N2O. The summed E-state index contributed by atoms with van der Waals surface area (Å²) in [5.74, 6) is 0.380. The quantitative estimate of drug-likeness (QED) is 0.484. The molecule has 0 saturated heterocycles. The predicted molar refractivity (Wildman–Crippen MR) is 98.2 cm³/mol. The molecule has 24 heavy (non-hydrogen) atoms. The van der Waals surface area contributed by atoms with E-state index in [9.17, 15) is 0 Å². The van der Waals surface area contributed by atoms with Crippen molar-refractivity contribution in [1.82, 2.24) is 9.97 Å². The fourth-order valence-electron chi connectivity index (χ4n) is 3.06. The maximum atomic E-state index is 6.15. The standard InChI is InChI=1S/C21H20N2O/c1-4-14-10-11-22-19(12-14)17-7-5-6-15-16-8-9-18(13(2)3)23-21(16)24-20(15)17/h5-13H,4H2,1-3H3. The second kappa shape index (κ2) is 5.75. The van der Waals surface area contributed by atoms with E-state index in [1.807, 2.05) is 6.20 Å². The van der Waals surface area contributed by atoms with E-state index in [1.165, 1.54) is 5.56 Å². The van der Waals surface area contributed by atoms with E-state index in [0.717, 1.165) is 39.7 Å². The normalized spacial score (nSPS) is 11.7. The van der Waals surface area contributed by atoms with Crippen LogP contribution in [0.15, 0.2) is 53.1 Å². The molecule has 3 heteroatoms. The molecule has 0 aliphatic rings. The van der Waals surface area contributed by atoms with Crippen molar-refractivity contribution in [2.75, 3.05) is 0 Å². The number of aromatic nitrogens is 2. The third-order valence-corrected chi connectivity index (χ3v) is 4.49. The molecular weight excluding hydrogens is 296 g/mol. The van der Waals surface area contributed by atoms with E-state index < -0.39 is 0 Å². The lowest BCUT2D eigenvalue weighted by Crippen LogP contribution is -1.90. The van der Waals surface area contributed by atoms with E-state index in [1.54, 1.807) is 0 Å². The average Bonchev–Trinajstić information content (AvgIpc) is 2.99. The molecule has 3 heterocycles. The Balaban J connectivity index is 1.98. The van der Waals surface area contributed by atoms with Gasteiger partial charge in [0.15, 0.2) is 0 Å². The zero-order valence-corrected chi connectivity index (χ0v) is 14.2. The summed E-state index contributed by atoms with van der Waals surface area (Å²) >= 11 is 0. The number of para-hydroxylation sites is 1. The van der Waals surface area contributed by atoms with Gasteiger partial charge in [0.2, 0.25) is 5.71 Å². The van der Waals surface area contributed by atoms with E-state index >= 15 is 0 Å². The first-order valence-corrected chi connectivity index (χ1v) is 8.45. The van der Waals surface area contributed by atoms with Gasteiger partial charge in [0.1, 0.15) is 5.58 Å². The van der Waals surface area contributed by atoms with Crippen LogP contribution in [0.4, 0.5) is 0 Å². The van der Waals surface area contributed by atoms with Crippen molar-refractivity contribution < 1.29 is 4.42 Å². The second-order valence-electron chi connectivity index (χ2n) is 6.43. The number of hydrogen-bond donors (Lipinski definition) is 0. The number of benzene rings is 1. The van der Waals surface area contributed by atoms with Crippen molar-refractivity contribution in [3.63, 3.8) is 0 Å². The van der Waals surface area contributed by atoms with Gasteiger partial charge in [-0.05, 0) is 48.2 Å². The van der Waals surface area contributed by atoms with Crippen LogP contribution in [0.1, 0.15) is 37.9 Å². The maximum Gasteiger partial charge on any atom is 0.227 e. The molecule has 0 atom stereocenters. The molecule has 0 saturated carbocycles. The van der Waals surface area contributed by atoms with Crippen molar-refractivity contribution >= 4 is 22.1 Å². The Morgan fingerprint density at radius 3 is 2.71 bits per heavy atom. The molecule has 0 amide bonds. The van der Waals surface area contributed by atoms with Crippen LogP contribution >= 0.6 is 0 Å². The highest BCUT2D eigenvalue weighted by molar-refractivity contribution is 6.08. The second-order valence-corrected chi connectivity index (χ2v) is 6.43. The van der Waals surface area contributed by atoms with E-state index in [-0.39, 0.29) is 0 Å². The molecule has 0 aliphatic heterocycles. The van der Waals surface area contributed by atoms with Crippen molar-refractivity contribution in [3.8, 4) is 11.3 Å². The predicted octanol–water partition coefficient (Wildman–Crippen LogP) is 5.73. The molecule has 120 valence electrons. The van der Waals surface area contributed by atoms with E-state index in [0.29, 0.717) is 11.6 Å². The number of hydrogen-bond acceptors (Lipinski definition) is 3. The largest absolute Gasteiger partial charge is 0.437 e. The fraction of sp³-hybridized carbons (Fsp3) is 0.238. The Hall–Kier alpha value is -2.68. The Bertz CT molecular complexity index is 1030. The van der Waals surface area contributed by atoms with Gasteiger partial charge in [-0.3, -0.25) is 4.98 Å². The van der Waals surface area contributed by atoms with Crippen LogP contribution < -0.4 is 0 Å². The highest BCUT2D eigenvalue weighted by atomic mass is 16.3. The van der Waals surface area contributed by atoms with Gasteiger partial charge in [0.25, 0.3) is 0 Å². The minimum atomic E-state index is 0.380. The number of pyridine rings is 2. The lowest BCUT2D eigenvalue weighted by Gasteiger charge is -2.03. The molecule has 4 rings (SSSR count). The minimum Gasteiger partial charge on any atom is -0.437 e. The van der Waals surface area contributed by atoms with Crippen molar-refractivity contribution in [3.05, 3.63) is 59.9 Å². The summed E-state index contributed by atoms with van der Waals surface area (Å²) in [5.41, 5.74) is 5.86. The van der Waals surface area contributed by atoms with Crippen LogP contribution in [0.25, 0.3) is 33.3 Å². The Kier molecular flexibility index (Phi) is 3.57. The Labute approximate surface area is 141 Å². The van der Waals surface area contributed by atoms with Crippen molar-refractivity contribution in [1.29, 1.82) is 0 Å². The Morgan fingerprint density at radius 2 is 1.92 bits per heavy atom. The third kappa shape index (κ3) is 2.37. The van der Waals surface area contributed by atoms with Crippen molar-refractivity contribution in [2.45, 2.75) is 33.1 Å². The number of rotatable bonds is 3. The third-order valence-electron chi connectivity index (χ3n) is 4.49. The number of aryl methyl sites for hydroxylation is 1. The summed E-state index contributed by atoms with van der Waals surface area (Å²) in [4.78, 5) is 9.24. The van der Waals surface area contributed by atoms with Gasteiger partial charge < -0.3 is 4.42 Å². The number of fused-ring (bicyclic) bond motifs is 3. The molecule has 0 spiro atoms. The zero-order chi connectivity index (χ0) is 16.7. The van der Waals surface area contributed by atoms with Crippen LogP contribution in [0, 0.1) is 0 Å². The van der Waals surface area contributed by atoms with Gasteiger partial charge in [-0.1, -0.05) is 32.9 Å². The summed E-state index contributed by atoms with van der Waals surface area (Å²) in [6, 6.07) is 14.6. The molecule has 0 fully saturated rings. The first-order chi connectivity index (χ1) is 11.7. The first-order valence-electron chi connectivity index (χ1n) is 8.45. The van der Waals surface area contributed by atoms with E-state index in [2.05, 4.69) is 68.2 Å². The molecule has 0 aliphatic carbocycles. The molecule has 0 N–H and O–H groups in total. The Morgan fingerprint density at radius 1 is 1.04 bits per heavy atom. The van der Waals surface area contributed by atoms with Gasteiger partial charge in [0.05, 0.1) is 5.69 Å². The molecule has 1 aromatic carbocycles. The van der Waals surface area contributed by atoms with Crippen LogP contribution in [-0.2, 0) is 6.42 Å². The average molecular weight is 316 g/mol. The van der Waals surface area contributed by atoms with Crippen molar-refractivity contribution in [2.24, 2.45) is 0 Å². The molecule has 3 aromatic heterocycles. The summed E-state index contributed by atoms with van der Waals surface area (Å²) < 4.78 is 6.15. The monoisotopic (exact) mass is 316 g/mol. The van der Waals surface area contributed by atoms with Gasteiger partial charge >= 0.3 is 0 Å². The fourth-order valence-corrected chi connectivity index (χ4v) is 3.06. The van der Waals surface area contributed by atoms with Crippen LogP contribution in [0.2, 0.25) is 0 Å². The van der Waals surface area contributed by atoms with Crippen LogP contribution in [0.3, 0.4) is 0 Å². The molecule has 0 radical (unpaired) electrons. The van der Waals surface area contributed by atoms with Crippen LogP contribution in [0.5, 0.6) is 0 Å². The summed E-state index contributed by atoms with van der Waals surface area (Å²) in [7, 11) is 0. The smallest absolute Gasteiger partial charge is 0.227 e. The topological polar surface area (TPSA) is 38.9 Å². The maximum absolute atomic E-state index is 6.15. The SMILES string of the molecule is CCc1ccnc(-c2cccc3c2oc2nc(C(C)C)ccc23)c1. The van der Waals surface area contributed by atoms with Gasteiger partial charge in [0, 0.05) is 28.2 Å². The number of nitrogens with zero attached hydrogens (tertiary/aromatic N) is 2. The molecule has 3 nitrogen and oxygen atoms in total. The lowest BCUT2D eigenvalue weighted by atomic mass is 10.0. The highest BCUT2D eigenvalue weighted by Crippen LogP contribution is 2.35.